The molecule has 0 spiro atoms. The van der Waals surface area contributed by atoms with E-state index in [9.17, 15) is 14.3 Å². The highest BCUT2D eigenvalue weighted by Gasteiger charge is 2.22. The highest BCUT2D eigenvalue weighted by Crippen LogP contribution is 2.19. The fourth-order valence-corrected chi connectivity index (χ4v) is 2.23. The molecule has 2 atom stereocenters. The van der Waals surface area contributed by atoms with Crippen molar-refractivity contribution in [3.63, 3.8) is 0 Å². The number of nitrogens with one attached hydrogen (secondary N) is 1. The van der Waals surface area contributed by atoms with Gasteiger partial charge in [0.1, 0.15) is 5.82 Å². The molecule has 5 heteroatoms. The molecular weight excluding hydrogens is 235 g/mol. The van der Waals surface area contributed by atoms with Gasteiger partial charge in [0.05, 0.1) is 11.8 Å². The van der Waals surface area contributed by atoms with Gasteiger partial charge in [-0.3, -0.25) is 4.79 Å². The molecule has 0 saturated heterocycles. The lowest BCUT2D eigenvalue weighted by molar-refractivity contribution is 0.0849. The molecule has 0 bridgehead atoms. The minimum absolute atomic E-state index is 0.0274. The van der Waals surface area contributed by atoms with Crippen LogP contribution in [0.4, 0.5) is 10.1 Å². The highest BCUT2D eigenvalue weighted by molar-refractivity contribution is 5.94. The number of aliphatic hydroxyl groups is 1. The predicted octanol–water partition coefficient (Wildman–Crippen LogP) is 1.44. The first-order valence-electron chi connectivity index (χ1n) is 6.10. The summed E-state index contributed by atoms with van der Waals surface area (Å²) < 4.78 is 13.2. The van der Waals surface area contributed by atoms with Gasteiger partial charge in [0.15, 0.2) is 0 Å². The summed E-state index contributed by atoms with van der Waals surface area (Å²) in [4.78, 5) is 11.9. The third-order valence-electron chi connectivity index (χ3n) is 3.24. The third-order valence-corrected chi connectivity index (χ3v) is 3.24. The Labute approximate surface area is 105 Å². The molecule has 0 aliphatic heterocycles. The van der Waals surface area contributed by atoms with Crippen LogP contribution in [-0.4, -0.2) is 23.2 Å². The molecule has 1 aliphatic carbocycles. The van der Waals surface area contributed by atoms with Crippen LogP contribution in [0.3, 0.4) is 0 Å². The van der Waals surface area contributed by atoms with Gasteiger partial charge < -0.3 is 16.2 Å². The van der Waals surface area contributed by atoms with Crippen molar-refractivity contribution in [2.75, 3.05) is 5.73 Å². The van der Waals surface area contributed by atoms with Crippen molar-refractivity contribution in [2.24, 2.45) is 0 Å². The van der Waals surface area contributed by atoms with Crippen molar-refractivity contribution in [2.45, 2.75) is 37.8 Å². The van der Waals surface area contributed by atoms with Gasteiger partial charge in [-0.15, -0.1) is 0 Å². The summed E-state index contributed by atoms with van der Waals surface area (Å²) in [5, 5.41) is 12.3. The maximum atomic E-state index is 13.2. The largest absolute Gasteiger partial charge is 0.396 e. The lowest BCUT2D eigenvalue weighted by Gasteiger charge is -2.26. The number of nitrogen functional groups attached to an aromatic ring is 1. The summed E-state index contributed by atoms with van der Waals surface area (Å²) in [7, 11) is 0. The number of nitrogens with two attached hydrogens (primary N) is 1. The molecule has 18 heavy (non-hydrogen) atoms. The number of hydrogen-bond donors (Lipinski definition) is 3. The minimum atomic E-state index is -0.591. The van der Waals surface area contributed by atoms with E-state index in [-0.39, 0.29) is 29.3 Å². The molecule has 1 aromatic rings. The van der Waals surface area contributed by atoms with E-state index in [1.807, 2.05) is 0 Å². The number of carbonyl (C=O) groups is 1. The first-order valence-corrected chi connectivity index (χ1v) is 6.10. The number of amides is 1. The fourth-order valence-electron chi connectivity index (χ4n) is 2.23. The van der Waals surface area contributed by atoms with Crippen LogP contribution in [0, 0.1) is 5.82 Å². The molecule has 0 radical (unpaired) electrons. The summed E-state index contributed by atoms with van der Waals surface area (Å²) >= 11 is 0. The number of benzene rings is 1. The second-order valence-electron chi connectivity index (χ2n) is 4.73. The molecule has 1 saturated carbocycles. The van der Waals surface area contributed by atoms with Gasteiger partial charge in [-0.2, -0.15) is 0 Å². The van der Waals surface area contributed by atoms with Crippen molar-refractivity contribution in [3.8, 4) is 0 Å². The van der Waals surface area contributed by atoms with Gasteiger partial charge in [0, 0.05) is 11.6 Å². The van der Waals surface area contributed by atoms with Crippen LogP contribution in [0.25, 0.3) is 0 Å². The maximum absolute atomic E-state index is 13.2. The van der Waals surface area contributed by atoms with Crippen LogP contribution >= 0.6 is 0 Å². The number of anilines is 1. The van der Waals surface area contributed by atoms with Crippen LogP contribution in [0.1, 0.15) is 36.0 Å². The Bertz CT molecular complexity index is 451. The van der Waals surface area contributed by atoms with Gasteiger partial charge in [-0.25, -0.2) is 4.39 Å². The molecule has 0 aromatic heterocycles. The van der Waals surface area contributed by atoms with Crippen molar-refractivity contribution in [1.82, 2.24) is 5.32 Å². The first kappa shape index (κ1) is 12.8. The van der Waals surface area contributed by atoms with E-state index in [1.165, 1.54) is 12.1 Å². The van der Waals surface area contributed by atoms with Gasteiger partial charge in [0.25, 0.3) is 5.91 Å². The average molecular weight is 252 g/mol. The maximum Gasteiger partial charge on any atom is 0.251 e. The van der Waals surface area contributed by atoms with Crippen molar-refractivity contribution in [1.29, 1.82) is 0 Å². The van der Waals surface area contributed by atoms with E-state index in [1.54, 1.807) is 0 Å². The Morgan fingerprint density at radius 2 is 2.22 bits per heavy atom. The Morgan fingerprint density at radius 3 is 2.89 bits per heavy atom. The Morgan fingerprint density at radius 1 is 1.44 bits per heavy atom. The Kier molecular flexibility index (Phi) is 3.81. The molecule has 98 valence electrons. The number of halogens is 1. The summed E-state index contributed by atoms with van der Waals surface area (Å²) in [6.07, 6.45) is 2.72. The van der Waals surface area contributed by atoms with E-state index in [4.69, 9.17) is 5.73 Å². The second kappa shape index (κ2) is 5.35. The monoisotopic (exact) mass is 252 g/mol. The number of hydrogen-bond acceptors (Lipinski definition) is 3. The highest BCUT2D eigenvalue weighted by atomic mass is 19.1. The molecular formula is C13H17FN2O2. The van der Waals surface area contributed by atoms with Gasteiger partial charge in [-0.05, 0) is 43.9 Å². The average Bonchev–Trinajstić information content (AvgIpc) is 2.32. The van der Waals surface area contributed by atoms with Crippen LogP contribution < -0.4 is 11.1 Å². The smallest absolute Gasteiger partial charge is 0.251 e. The van der Waals surface area contributed by atoms with Crippen molar-refractivity contribution < 1.29 is 14.3 Å². The normalized spacial score (nSPS) is 23.7. The van der Waals surface area contributed by atoms with Crippen LogP contribution in [0.5, 0.6) is 0 Å². The van der Waals surface area contributed by atoms with Crippen LogP contribution in [0.2, 0.25) is 0 Å². The summed E-state index contributed by atoms with van der Waals surface area (Å²) in [5.41, 5.74) is 5.63. The molecule has 1 fully saturated rings. The lowest BCUT2D eigenvalue weighted by Crippen LogP contribution is -2.39. The van der Waals surface area contributed by atoms with E-state index < -0.39 is 5.82 Å². The molecule has 4 N–H and O–H groups in total. The number of aliphatic hydroxyl groups excluding tert-OH is 1. The quantitative estimate of drug-likeness (QED) is 0.697. The summed E-state index contributed by atoms with van der Waals surface area (Å²) in [6.45, 7) is 0. The summed E-state index contributed by atoms with van der Waals surface area (Å²) in [5.74, 6) is -0.917. The van der Waals surface area contributed by atoms with Crippen LogP contribution in [0.15, 0.2) is 18.2 Å². The van der Waals surface area contributed by atoms with E-state index in [0.29, 0.717) is 6.42 Å². The molecule has 0 heterocycles. The summed E-state index contributed by atoms with van der Waals surface area (Å²) in [6, 6.07) is 3.96. The zero-order valence-corrected chi connectivity index (χ0v) is 10.0. The molecule has 1 aromatic carbocycles. The minimum Gasteiger partial charge on any atom is -0.396 e. The topological polar surface area (TPSA) is 75.4 Å². The van der Waals surface area contributed by atoms with Gasteiger partial charge >= 0.3 is 0 Å². The predicted molar refractivity (Wildman–Crippen MR) is 66.5 cm³/mol. The zero-order chi connectivity index (χ0) is 13.1. The molecule has 2 unspecified atom stereocenters. The number of rotatable bonds is 2. The molecule has 1 amide bonds. The SMILES string of the molecule is Nc1ccc(C(=O)NC2CCCC(O)C2)cc1F. The Balaban J connectivity index is 2.00. The molecule has 2 rings (SSSR count). The van der Waals surface area contributed by atoms with Crippen molar-refractivity contribution in [3.05, 3.63) is 29.6 Å². The second-order valence-corrected chi connectivity index (χ2v) is 4.73. The van der Waals surface area contributed by atoms with E-state index in [2.05, 4.69) is 5.32 Å². The zero-order valence-electron chi connectivity index (χ0n) is 10.0. The lowest BCUT2D eigenvalue weighted by atomic mass is 9.93. The van der Waals surface area contributed by atoms with Crippen LogP contribution in [-0.2, 0) is 0 Å². The van der Waals surface area contributed by atoms with E-state index in [0.717, 1.165) is 25.3 Å². The van der Waals surface area contributed by atoms with Crippen molar-refractivity contribution >= 4 is 11.6 Å². The Hall–Kier alpha value is -1.62. The standard InChI is InChI=1S/C13H17FN2O2/c14-11-6-8(4-5-12(11)15)13(18)16-9-2-1-3-10(17)7-9/h4-6,9-10,17H,1-3,7,15H2,(H,16,18). The van der Waals surface area contributed by atoms with Gasteiger partial charge in [0.2, 0.25) is 0 Å². The molecule has 1 aliphatic rings. The number of carbonyl (C=O) groups excluding carboxylic acids is 1. The third kappa shape index (κ3) is 2.98. The fraction of sp³-hybridized carbons (Fsp3) is 0.462. The van der Waals surface area contributed by atoms with Gasteiger partial charge in [-0.1, -0.05) is 0 Å². The first-order chi connectivity index (χ1) is 8.56. The molecule has 4 nitrogen and oxygen atoms in total. The van der Waals surface area contributed by atoms with E-state index >= 15 is 0 Å².